The van der Waals surface area contributed by atoms with E-state index in [-0.39, 0.29) is 0 Å². The minimum absolute atomic E-state index is 0.755. The molecule has 62 valence electrons. The molecule has 0 atom stereocenters. The van der Waals surface area contributed by atoms with E-state index in [4.69, 9.17) is 0 Å². The highest BCUT2D eigenvalue weighted by molar-refractivity contribution is 7.89. The Morgan fingerprint density at radius 3 is 2.09 bits per heavy atom. The van der Waals surface area contributed by atoms with E-state index in [0.717, 1.165) is 11.3 Å². The molecule has 0 saturated heterocycles. The minimum Gasteiger partial charge on any atom is -0.250 e. The van der Waals surface area contributed by atoms with Crippen molar-refractivity contribution in [1.29, 1.82) is 0 Å². The van der Waals surface area contributed by atoms with Gasteiger partial charge in [0, 0.05) is 11.9 Å². The Morgan fingerprint density at radius 2 is 1.91 bits per heavy atom. The predicted molar refractivity (Wildman–Crippen MR) is 44.1 cm³/mol. The summed E-state index contributed by atoms with van der Waals surface area (Å²) in [6.45, 7) is 3.64. The van der Waals surface area contributed by atoms with E-state index in [9.17, 15) is 8.42 Å². The lowest BCUT2D eigenvalue weighted by atomic mass is 10.4. The number of hydrogen-bond acceptors (Lipinski definition) is 2. The van der Waals surface area contributed by atoms with Gasteiger partial charge in [0.2, 0.25) is 10.0 Å². The molecule has 3 nitrogen and oxygen atoms in total. The van der Waals surface area contributed by atoms with E-state index < -0.39 is 10.0 Å². The van der Waals surface area contributed by atoms with Crippen molar-refractivity contribution in [3.8, 4) is 0 Å². The van der Waals surface area contributed by atoms with Crippen molar-refractivity contribution in [3.63, 3.8) is 0 Å². The largest absolute Gasteiger partial charge is 0.250 e. The number of rotatable bonds is 1. The third-order valence-corrected chi connectivity index (χ3v) is 2.57. The molecule has 0 aliphatic rings. The first-order valence-corrected chi connectivity index (χ1v) is 5.12. The van der Waals surface area contributed by atoms with Crippen molar-refractivity contribution in [2.24, 2.45) is 0 Å². The highest BCUT2D eigenvalue weighted by Crippen LogP contribution is 2.08. The van der Waals surface area contributed by atoms with E-state index in [0.29, 0.717) is 0 Å². The first-order chi connectivity index (χ1) is 4.91. The fraction of sp³-hybridized carbons (Fsp3) is 0.429. The average molecular weight is 173 g/mol. The molecule has 0 spiro atoms. The van der Waals surface area contributed by atoms with Gasteiger partial charge in [-0.2, -0.15) is 0 Å². The Balaban J connectivity index is 3.36. The Hall–Kier alpha value is -0.770. The van der Waals surface area contributed by atoms with Crippen LogP contribution < -0.4 is 0 Å². The van der Waals surface area contributed by atoms with Gasteiger partial charge < -0.3 is 0 Å². The molecule has 0 fully saturated rings. The number of nitrogens with zero attached hydrogens (tertiary/aromatic N) is 1. The van der Waals surface area contributed by atoms with Crippen LogP contribution in [-0.4, -0.2) is 18.6 Å². The zero-order chi connectivity index (χ0) is 8.65. The highest BCUT2D eigenvalue weighted by atomic mass is 32.2. The summed E-state index contributed by atoms with van der Waals surface area (Å²) < 4.78 is 23.3. The smallest absolute Gasteiger partial charge is 0.235 e. The molecule has 0 aliphatic carbocycles. The maximum Gasteiger partial charge on any atom is 0.235 e. The molecule has 0 saturated carbocycles. The van der Waals surface area contributed by atoms with Crippen LogP contribution in [0.4, 0.5) is 0 Å². The quantitative estimate of drug-likeness (QED) is 0.633. The van der Waals surface area contributed by atoms with Crippen LogP contribution in [0.25, 0.3) is 0 Å². The van der Waals surface area contributed by atoms with E-state index in [1.807, 2.05) is 13.0 Å². The molecule has 1 rings (SSSR count). The third-order valence-electron chi connectivity index (χ3n) is 1.46. The van der Waals surface area contributed by atoms with Crippen molar-refractivity contribution in [3.05, 3.63) is 23.5 Å². The van der Waals surface area contributed by atoms with Crippen LogP contribution in [0.5, 0.6) is 0 Å². The van der Waals surface area contributed by atoms with Gasteiger partial charge in [-0.3, -0.25) is 3.97 Å². The van der Waals surface area contributed by atoms with Crippen molar-refractivity contribution in [2.75, 3.05) is 6.26 Å². The zero-order valence-corrected chi connectivity index (χ0v) is 7.64. The summed E-state index contributed by atoms with van der Waals surface area (Å²) in [4.78, 5) is 0. The summed E-state index contributed by atoms with van der Waals surface area (Å²) in [5, 5.41) is 0. The number of aryl methyl sites for hydroxylation is 2. The zero-order valence-electron chi connectivity index (χ0n) is 6.83. The van der Waals surface area contributed by atoms with Crippen molar-refractivity contribution in [1.82, 2.24) is 3.97 Å². The summed E-state index contributed by atoms with van der Waals surface area (Å²) in [6.07, 6.45) is 2.81. The fourth-order valence-electron chi connectivity index (χ4n) is 1.07. The van der Waals surface area contributed by atoms with E-state index in [1.165, 1.54) is 10.2 Å². The Labute approximate surface area is 66.7 Å². The second kappa shape index (κ2) is 2.37. The van der Waals surface area contributed by atoms with Crippen molar-refractivity contribution in [2.45, 2.75) is 13.8 Å². The molecule has 0 aromatic carbocycles. The maximum absolute atomic E-state index is 11.0. The van der Waals surface area contributed by atoms with E-state index in [1.54, 1.807) is 13.1 Å². The Kier molecular flexibility index (Phi) is 1.80. The maximum atomic E-state index is 11.0. The lowest BCUT2D eigenvalue weighted by Crippen LogP contribution is -2.09. The summed E-state index contributed by atoms with van der Waals surface area (Å²) in [6, 6.07) is 1.83. The number of aromatic nitrogens is 1. The van der Waals surface area contributed by atoms with E-state index >= 15 is 0 Å². The monoisotopic (exact) mass is 173 g/mol. The highest BCUT2D eigenvalue weighted by Gasteiger charge is 2.07. The van der Waals surface area contributed by atoms with Gasteiger partial charge in [-0.05, 0) is 25.5 Å². The van der Waals surface area contributed by atoms with Crippen LogP contribution in [0.2, 0.25) is 0 Å². The van der Waals surface area contributed by atoms with Crippen molar-refractivity contribution < 1.29 is 8.42 Å². The van der Waals surface area contributed by atoms with Crippen LogP contribution in [0.15, 0.2) is 12.3 Å². The molecule has 0 radical (unpaired) electrons. The van der Waals surface area contributed by atoms with Gasteiger partial charge in [-0.25, -0.2) is 8.42 Å². The van der Waals surface area contributed by atoms with Gasteiger partial charge in [-0.15, -0.1) is 0 Å². The Bertz CT molecular complexity index is 362. The van der Waals surface area contributed by atoms with Crippen LogP contribution in [0.3, 0.4) is 0 Å². The molecule has 11 heavy (non-hydrogen) atoms. The molecule has 0 bridgehead atoms. The minimum atomic E-state index is -3.10. The lowest BCUT2D eigenvalue weighted by molar-refractivity contribution is 0.592. The van der Waals surface area contributed by atoms with Gasteiger partial charge in [0.25, 0.3) is 0 Å². The molecule has 0 N–H and O–H groups in total. The molecule has 1 aromatic rings. The van der Waals surface area contributed by atoms with Crippen molar-refractivity contribution >= 4 is 10.0 Å². The molecule has 1 heterocycles. The average Bonchev–Trinajstić information content (AvgIpc) is 2.08. The van der Waals surface area contributed by atoms with Crippen LogP contribution >= 0.6 is 0 Å². The molecular formula is C7H11NO2S. The summed E-state index contributed by atoms with van der Waals surface area (Å²) >= 11 is 0. The normalized spacial score (nSPS) is 11.9. The summed E-state index contributed by atoms with van der Waals surface area (Å²) in [5.74, 6) is 0. The molecule has 4 heteroatoms. The van der Waals surface area contributed by atoms with E-state index in [2.05, 4.69) is 0 Å². The molecule has 0 unspecified atom stereocenters. The van der Waals surface area contributed by atoms with Crippen LogP contribution in [0.1, 0.15) is 11.3 Å². The van der Waals surface area contributed by atoms with Crippen LogP contribution in [-0.2, 0) is 10.0 Å². The second-order valence-corrected chi connectivity index (χ2v) is 4.58. The second-order valence-electron chi connectivity index (χ2n) is 2.72. The molecule has 0 amide bonds. The van der Waals surface area contributed by atoms with Gasteiger partial charge in [0.15, 0.2) is 0 Å². The number of hydrogen-bond donors (Lipinski definition) is 0. The SMILES string of the molecule is Cc1cc(C)n(S(C)(=O)=O)c1. The molecule has 0 aliphatic heterocycles. The Morgan fingerprint density at radius 1 is 1.36 bits per heavy atom. The fourth-order valence-corrected chi connectivity index (χ4v) is 2.01. The lowest BCUT2D eigenvalue weighted by Gasteiger charge is -2.00. The van der Waals surface area contributed by atoms with Gasteiger partial charge in [0.1, 0.15) is 0 Å². The van der Waals surface area contributed by atoms with Crippen LogP contribution in [0, 0.1) is 13.8 Å². The predicted octanol–water partition coefficient (Wildman–Crippen LogP) is 0.913. The standard InChI is InChI=1S/C7H11NO2S/c1-6-4-7(2)8(5-6)11(3,9)10/h4-5H,1-3H3. The summed E-state index contributed by atoms with van der Waals surface area (Å²) in [5.41, 5.74) is 1.72. The first kappa shape index (κ1) is 8.33. The van der Waals surface area contributed by atoms with Gasteiger partial charge >= 0.3 is 0 Å². The van der Waals surface area contributed by atoms with Gasteiger partial charge in [0.05, 0.1) is 6.26 Å². The molecular weight excluding hydrogens is 162 g/mol. The van der Waals surface area contributed by atoms with Gasteiger partial charge in [-0.1, -0.05) is 0 Å². The summed E-state index contributed by atoms with van der Waals surface area (Å²) in [7, 11) is -3.10. The third kappa shape index (κ3) is 1.63. The molecule has 1 aromatic heterocycles. The first-order valence-electron chi connectivity index (χ1n) is 3.27. The topological polar surface area (TPSA) is 39.1 Å².